The average Bonchev–Trinajstić information content (AvgIpc) is 2.80. The molecule has 1 aromatic heterocycles. The Morgan fingerprint density at radius 1 is 1.06 bits per heavy atom. The number of hydrogen-bond acceptors (Lipinski definition) is 4. The minimum atomic E-state index is -4.44. The third-order valence-electron chi connectivity index (χ3n) is 5.32. The molecule has 1 aliphatic rings. The summed E-state index contributed by atoms with van der Waals surface area (Å²) in [5, 5.41) is 0.902. The molecule has 4 rings (SSSR count). The van der Waals surface area contributed by atoms with Gasteiger partial charge in [0.15, 0.2) is 5.78 Å². The molecule has 8 heteroatoms. The number of ketones is 1. The zero-order valence-electron chi connectivity index (χ0n) is 17.2. The zero-order chi connectivity index (χ0) is 22.9. The molecule has 0 amide bonds. The number of nitrogens with zero attached hydrogens (tertiary/aromatic N) is 1. The summed E-state index contributed by atoms with van der Waals surface area (Å²) in [6, 6.07) is 12.7. The molecule has 0 saturated heterocycles. The molecule has 0 saturated carbocycles. The van der Waals surface area contributed by atoms with Crippen molar-refractivity contribution in [1.29, 1.82) is 0 Å². The second-order valence-electron chi connectivity index (χ2n) is 7.52. The van der Waals surface area contributed by atoms with Gasteiger partial charge >= 0.3 is 6.18 Å². The van der Waals surface area contributed by atoms with Gasteiger partial charge in [0, 0.05) is 29.5 Å². The topological polar surface area (TPSA) is 48.3 Å². The summed E-state index contributed by atoms with van der Waals surface area (Å²) >= 11 is 1.64. The van der Waals surface area contributed by atoms with Gasteiger partial charge in [0.05, 0.1) is 16.2 Å². The number of ether oxygens (including phenoxy) is 1. The third-order valence-corrected chi connectivity index (χ3v) is 6.44. The summed E-state index contributed by atoms with van der Waals surface area (Å²) in [5.41, 5.74) is 1.08. The van der Waals surface area contributed by atoms with Crippen LogP contribution in [0.25, 0.3) is 0 Å². The predicted octanol–water partition coefficient (Wildman–Crippen LogP) is 5.48. The summed E-state index contributed by atoms with van der Waals surface area (Å²) in [6.07, 6.45) is -3.47. The van der Waals surface area contributed by atoms with Crippen LogP contribution in [0.4, 0.5) is 13.2 Å². The minimum absolute atomic E-state index is 0.0396. The van der Waals surface area contributed by atoms with Crippen molar-refractivity contribution in [3.05, 3.63) is 92.8 Å². The molecule has 0 fully saturated rings. The van der Waals surface area contributed by atoms with Crippen molar-refractivity contribution in [2.75, 3.05) is 5.75 Å². The molecule has 0 bridgehead atoms. The van der Waals surface area contributed by atoms with Gasteiger partial charge in [-0.25, -0.2) is 0 Å². The van der Waals surface area contributed by atoms with E-state index >= 15 is 0 Å². The van der Waals surface area contributed by atoms with Crippen LogP contribution in [0.3, 0.4) is 0 Å². The van der Waals surface area contributed by atoms with Crippen LogP contribution in [0.5, 0.6) is 5.75 Å². The molecule has 3 aromatic rings. The monoisotopic (exact) mass is 459 g/mol. The van der Waals surface area contributed by atoms with Crippen molar-refractivity contribution in [2.24, 2.45) is 0 Å². The van der Waals surface area contributed by atoms with E-state index in [2.05, 4.69) is 0 Å². The van der Waals surface area contributed by atoms with Crippen LogP contribution in [-0.4, -0.2) is 16.1 Å². The smallest absolute Gasteiger partial charge is 0.416 e. The first-order valence-corrected chi connectivity index (χ1v) is 11.0. The molecule has 32 heavy (non-hydrogen) atoms. The maximum Gasteiger partial charge on any atom is 0.416 e. The Morgan fingerprint density at radius 2 is 1.69 bits per heavy atom. The first-order valence-electron chi connectivity index (χ1n) is 10.0. The lowest BCUT2D eigenvalue weighted by Gasteiger charge is -2.20. The van der Waals surface area contributed by atoms with E-state index in [9.17, 15) is 22.8 Å². The van der Waals surface area contributed by atoms with Crippen molar-refractivity contribution in [3.63, 3.8) is 0 Å². The SMILES string of the molecule is Cc1c(OCc2ccc(C(=O)c3ccc(C(F)(F)F)cc3)cc2)cc2n(c1=O)CCCS2. The Labute approximate surface area is 187 Å². The molecule has 1 aliphatic heterocycles. The lowest BCUT2D eigenvalue weighted by Crippen LogP contribution is -2.27. The number of fused-ring (bicyclic) bond motifs is 1. The van der Waals surface area contributed by atoms with Crippen LogP contribution in [0, 0.1) is 6.92 Å². The predicted molar refractivity (Wildman–Crippen MR) is 116 cm³/mol. The molecule has 0 aliphatic carbocycles. The highest BCUT2D eigenvalue weighted by Gasteiger charge is 2.30. The van der Waals surface area contributed by atoms with E-state index in [1.807, 2.05) is 6.07 Å². The zero-order valence-corrected chi connectivity index (χ0v) is 18.1. The summed E-state index contributed by atoms with van der Waals surface area (Å²) in [5.74, 6) is 1.15. The maximum atomic E-state index is 12.7. The van der Waals surface area contributed by atoms with Crippen molar-refractivity contribution < 1.29 is 22.7 Å². The van der Waals surface area contributed by atoms with Gasteiger partial charge in [-0.1, -0.05) is 36.4 Å². The number of carbonyl (C=O) groups excluding carboxylic acids is 1. The van der Waals surface area contributed by atoms with Crippen LogP contribution >= 0.6 is 11.8 Å². The number of hydrogen-bond donors (Lipinski definition) is 0. The summed E-state index contributed by atoms with van der Waals surface area (Å²) in [4.78, 5) is 25.1. The maximum absolute atomic E-state index is 12.7. The molecule has 0 spiro atoms. The minimum Gasteiger partial charge on any atom is -0.488 e. The Kier molecular flexibility index (Phi) is 6.15. The first-order chi connectivity index (χ1) is 15.2. The Morgan fingerprint density at radius 3 is 2.31 bits per heavy atom. The van der Waals surface area contributed by atoms with Gasteiger partial charge < -0.3 is 9.30 Å². The highest BCUT2D eigenvalue weighted by atomic mass is 32.2. The lowest BCUT2D eigenvalue weighted by atomic mass is 10.0. The van der Waals surface area contributed by atoms with Crippen LogP contribution in [0.1, 0.15) is 39.0 Å². The summed E-state index contributed by atoms with van der Waals surface area (Å²) in [6.45, 7) is 2.69. The van der Waals surface area contributed by atoms with E-state index < -0.39 is 11.7 Å². The number of aromatic nitrogens is 1. The normalized spacial score (nSPS) is 13.5. The van der Waals surface area contributed by atoms with E-state index in [0.717, 1.165) is 41.4 Å². The molecule has 0 radical (unpaired) electrons. The van der Waals surface area contributed by atoms with E-state index in [-0.39, 0.29) is 23.5 Å². The number of carbonyl (C=O) groups is 1. The average molecular weight is 459 g/mol. The highest BCUT2D eigenvalue weighted by molar-refractivity contribution is 7.99. The van der Waals surface area contributed by atoms with Crippen LogP contribution in [0.2, 0.25) is 0 Å². The Hall–Kier alpha value is -3.00. The van der Waals surface area contributed by atoms with Crippen LogP contribution < -0.4 is 10.3 Å². The lowest BCUT2D eigenvalue weighted by molar-refractivity contribution is -0.137. The van der Waals surface area contributed by atoms with Gasteiger partial charge in [-0.15, -0.1) is 11.8 Å². The number of benzene rings is 2. The van der Waals surface area contributed by atoms with Gasteiger partial charge in [-0.2, -0.15) is 13.2 Å². The van der Waals surface area contributed by atoms with Gasteiger partial charge in [0.2, 0.25) is 0 Å². The van der Waals surface area contributed by atoms with E-state index in [1.165, 1.54) is 12.1 Å². The fourth-order valence-electron chi connectivity index (χ4n) is 3.48. The highest BCUT2D eigenvalue weighted by Crippen LogP contribution is 2.30. The van der Waals surface area contributed by atoms with Crippen molar-refractivity contribution >= 4 is 17.5 Å². The molecule has 2 aromatic carbocycles. The van der Waals surface area contributed by atoms with Gasteiger partial charge in [0.1, 0.15) is 12.4 Å². The number of halogens is 3. The van der Waals surface area contributed by atoms with Gasteiger partial charge in [0.25, 0.3) is 5.56 Å². The molecule has 2 heterocycles. The molecular formula is C24H20F3NO3S. The largest absolute Gasteiger partial charge is 0.488 e. The van der Waals surface area contributed by atoms with E-state index in [0.29, 0.717) is 16.9 Å². The molecule has 0 N–H and O–H groups in total. The standard InChI is InChI=1S/C24H20F3NO3S/c1-15-20(13-21-28(23(15)30)11-2-12-32-21)31-14-16-3-5-17(6-4-16)22(29)18-7-9-19(10-8-18)24(25,26)27/h3-10,13H,2,11-12,14H2,1H3. The van der Waals surface area contributed by atoms with E-state index in [1.54, 1.807) is 47.5 Å². The van der Waals surface area contributed by atoms with E-state index in [4.69, 9.17) is 4.74 Å². The van der Waals surface area contributed by atoms with Crippen molar-refractivity contribution in [1.82, 2.24) is 4.57 Å². The van der Waals surface area contributed by atoms with Crippen LogP contribution in [-0.2, 0) is 19.3 Å². The van der Waals surface area contributed by atoms with Crippen molar-refractivity contribution in [2.45, 2.75) is 37.7 Å². The quantitative estimate of drug-likeness (QED) is 0.474. The molecule has 166 valence electrons. The second kappa shape index (κ2) is 8.86. The summed E-state index contributed by atoms with van der Waals surface area (Å²) in [7, 11) is 0. The molecule has 4 nitrogen and oxygen atoms in total. The Balaban J connectivity index is 1.45. The Bertz CT molecular complexity index is 1200. The molecular weight excluding hydrogens is 439 g/mol. The first kappa shape index (κ1) is 22.2. The van der Waals surface area contributed by atoms with Crippen LogP contribution in [0.15, 0.2) is 64.4 Å². The van der Waals surface area contributed by atoms with Gasteiger partial charge in [-0.05, 0) is 31.0 Å². The second-order valence-corrected chi connectivity index (χ2v) is 8.64. The number of alkyl halides is 3. The molecule has 0 unspecified atom stereocenters. The third kappa shape index (κ3) is 4.60. The fourth-order valence-corrected chi connectivity index (χ4v) is 4.48. The van der Waals surface area contributed by atoms with Gasteiger partial charge in [-0.3, -0.25) is 9.59 Å². The molecule has 0 atom stereocenters. The number of pyridine rings is 1. The number of rotatable bonds is 5. The fraction of sp³-hybridized carbons (Fsp3) is 0.250. The summed E-state index contributed by atoms with van der Waals surface area (Å²) < 4.78 is 45.7. The number of thioether (sulfide) groups is 1. The van der Waals surface area contributed by atoms with Crippen molar-refractivity contribution in [3.8, 4) is 5.75 Å².